The number of piperidine rings is 1. The predicted octanol–water partition coefficient (Wildman–Crippen LogP) is 2.77. The van der Waals surface area contributed by atoms with Crippen molar-refractivity contribution in [3.05, 3.63) is 46.9 Å². The number of hydrogen-bond donors (Lipinski definition) is 0. The molecule has 2 aliphatic heterocycles. The van der Waals surface area contributed by atoms with Crippen molar-refractivity contribution in [2.45, 2.75) is 19.4 Å². The fraction of sp³-hybridized carbons (Fsp3) is 0.412. The van der Waals surface area contributed by atoms with Gasteiger partial charge in [0.1, 0.15) is 0 Å². The van der Waals surface area contributed by atoms with Crippen LogP contribution in [0, 0.1) is 5.41 Å². The van der Waals surface area contributed by atoms with Crippen molar-refractivity contribution >= 4 is 22.9 Å². The van der Waals surface area contributed by atoms with Gasteiger partial charge in [0, 0.05) is 24.2 Å². The van der Waals surface area contributed by atoms with Crippen LogP contribution in [0.15, 0.2) is 42.0 Å². The number of thiophene rings is 1. The van der Waals surface area contributed by atoms with Crippen LogP contribution >= 0.6 is 11.3 Å². The maximum Gasteiger partial charge on any atom is 0.235 e. The van der Waals surface area contributed by atoms with Crippen molar-refractivity contribution in [1.29, 1.82) is 0 Å². The number of aromatic nitrogens is 1. The van der Waals surface area contributed by atoms with Crippen LogP contribution in [0.2, 0.25) is 0 Å². The summed E-state index contributed by atoms with van der Waals surface area (Å²) in [6.07, 6.45) is 5.48. The first-order valence-electron chi connectivity index (χ1n) is 7.74. The highest BCUT2D eigenvalue weighted by molar-refractivity contribution is 7.09. The Morgan fingerprint density at radius 1 is 1.23 bits per heavy atom. The van der Waals surface area contributed by atoms with E-state index in [2.05, 4.69) is 27.4 Å². The van der Waals surface area contributed by atoms with Crippen molar-refractivity contribution < 1.29 is 4.79 Å². The number of β-lactam (4-membered cyclic amide) rings is 1. The average molecular weight is 313 g/mol. The van der Waals surface area contributed by atoms with E-state index in [1.165, 1.54) is 4.88 Å². The molecule has 0 unspecified atom stereocenters. The molecule has 5 heteroatoms. The molecule has 2 saturated heterocycles. The van der Waals surface area contributed by atoms with Gasteiger partial charge in [0.05, 0.1) is 17.3 Å². The van der Waals surface area contributed by atoms with Gasteiger partial charge in [0.25, 0.3) is 0 Å². The van der Waals surface area contributed by atoms with E-state index in [9.17, 15) is 4.79 Å². The van der Waals surface area contributed by atoms with E-state index in [1.54, 1.807) is 12.4 Å². The molecule has 0 bridgehead atoms. The van der Waals surface area contributed by atoms with Crippen LogP contribution in [0.3, 0.4) is 0 Å². The second kappa shape index (κ2) is 5.48. The average Bonchev–Trinajstić information content (AvgIpc) is 3.07. The van der Waals surface area contributed by atoms with E-state index in [1.807, 2.05) is 28.4 Å². The molecule has 0 atom stereocenters. The highest BCUT2D eigenvalue weighted by atomic mass is 32.1. The van der Waals surface area contributed by atoms with Gasteiger partial charge < -0.3 is 4.90 Å². The van der Waals surface area contributed by atoms with Gasteiger partial charge in [-0.05, 0) is 49.5 Å². The third-order valence-electron chi connectivity index (χ3n) is 4.89. The molecule has 2 aromatic rings. The summed E-state index contributed by atoms with van der Waals surface area (Å²) in [7, 11) is 0. The van der Waals surface area contributed by atoms with Crippen LogP contribution in [-0.4, -0.2) is 35.4 Å². The van der Waals surface area contributed by atoms with Gasteiger partial charge in [-0.25, -0.2) is 0 Å². The lowest BCUT2D eigenvalue weighted by molar-refractivity contribution is -0.138. The topological polar surface area (TPSA) is 36.4 Å². The SMILES string of the molecule is O=C1N(c2cccnc2)CC12CCN(Cc1cccs1)CC2. The van der Waals surface area contributed by atoms with E-state index in [0.29, 0.717) is 0 Å². The number of amides is 1. The Morgan fingerprint density at radius 3 is 2.73 bits per heavy atom. The van der Waals surface area contributed by atoms with Gasteiger partial charge in [-0.15, -0.1) is 11.3 Å². The molecule has 4 rings (SSSR count). The van der Waals surface area contributed by atoms with E-state index < -0.39 is 0 Å². The van der Waals surface area contributed by atoms with E-state index in [-0.39, 0.29) is 11.3 Å². The molecule has 2 aliphatic rings. The predicted molar refractivity (Wildman–Crippen MR) is 87.9 cm³/mol. The second-order valence-electron chi connectivity index (χ2n) is 6.24. The molecule has 0 radical (unpaired) electrons. The summed E-state index contributed by atoms with van der Waals surface area (Å²) in [6, 6.07) is 8.14. The number of pyridine rings is 1. The minimum atomic E-state index is -0.109. The van der Waals surface area contributed by atoms with Crippen molar-refractivity contribution in [2.24, 2.45) is 5.41 Å². The standard InChI is InChI=1S/C17H19N3OS/c21-16-17(13-20(16)14-3-1-7-18-11-14)5-8-19(9-6-17)12-15-4-2-10-22-15/h1-4,7,10-11H,5-6,8-9,12-13H2. The fourth-order valence-corrected chi connectivity index (χ4v) is 4.24. The smallest absolute Gasteiger partial charge is 0.235 e. The zero-order valence-corrected chi connectivity index (χ0v) is 13.3. The Kier molecular flexibility index (Phi) is 3.47. The first-order chi connectivity index (χ1) is 10.8. The zero-order valence-electron chi connectivity index (χ0n) is 12.4. The summed E-state index contributed by atoms with van der Waals surface area (Å²) < 4.78 is 0. The molecule has 1 amide bonds. The molecule has 0 aromatic carbocycles. The van der Waals surface area contributed by atoms with Crippen molar-refractivity contribution in [3.8, 4) is 0 Å². The van der Waals surface area contributed by atoms with Gasteiger partial charge in [-0.2, -0.15) is 0 Å². The molecule has 0 saturated carbocycles. The van der Waals surface area contributed by atoms with E-state index >= 15 is 0 Å². The van der Waals surface area contributed by atoms with Gasteiger partial charge in [-0.1, -0.05) is 6.07 Å². The maximum absolute atomic E-state index is 12.6. The maximum atomic E-state index is 12.6. The lowest BCUT2D eigenvalue weighted by Crippen LogP contribution is -2.64. The van der Waals surface area contributed by atoms with E-state index in [0.717, 1.165) is 44.7 Å². The minimum absolute atomic E-state index is 0.109. The van der Waals surface area contributed by atoms with Crippen LogP contribution in [-0.2, 0) is 11.3 Å². The monoisotopic (exact) mass is 313 g/mol. The number of nitrogens with zero attached hydrogens (tertiary/aromatic N) is 3. The molecule has 22 heavy (non-hydrogen) atoms. The summed E-state index contributed by atoms with van der Waals surface area (Å²) in [5.74, 6) is 0.288. The second-order valence-corrected chi connectivity index (χ2v) is 7.27. The molecule has 0 aliphatic carbocycles. The molecule has 2 fully saturated rings. The lowest BCUT2D eigenvalue weighted by Gasteiger charge is -2.52. The molecule has 4 heterocycles. The van der Waals surface area contributed by atoms with Crippen molar-refractivity contribution in [3.63, 3.8) is 0 Å². The summed E-state index contributed by atoms with van der Waals surface area (Å²) >= 11 is 1.81. The number of rotatable bonds is 3. The largest absolute Gasteiger partial charge is 0.309 e. The third kappa shape index (κ3) is 2.34. The van der Waals surface area contributed by atoms with Crippen LogP contribution in [0.25, 0.3) is 0 Å². The molecule has 114 valence electrons. The Labute approximate surface area is 134 Å². The van der Waals surface area contributed by atoms with Gasteiger partial charge in [-0.3, -0.25) is 14.7 Å². The third-order valence-corrected chi connectivity index (χ3v) is 5.75. The summed E-state index contributed by atoms with van der Waals surface area (Å²) in [6.45, 7) is 3.91. The van der Waals surface area contributed by atoms with Crippen LogP contribution in [0.4, 0.5) is 5.69 Å². The molecular weight excluding hydrogens is 294 g/mol. The van der Waals surface area contributed by atoms with Crippen molar-refractivity contribution in [2.75, 3.05) is 24.5 Å². The highest BCUT2D eigenvalue weighted by Gasteiger charge is 2.53. The Bertz CT molecular complexity index is 648. The van der Waals surface area contributed by atoms with Gasteiger partial charge in [0.2, 0.25) is 5.91 Å². The molecule has 1 spiro atoms. The minimum Gasteiger partial charge on any atom is -0.309 e. The van der Waals surface area contributed by atoms with Gasteiger partial charge >= 0.3 is 0 Å². The molecule has 2 aromatic heterocycles. The van der Waals surface area contributed by atoms with Crippen LogP contribution in [0.1, 0.15) is 17.7 Å². The van der Waals surface area contributed by atoms with Crippen LogP contribution < -0.4 is 4.90 Å². The molecule has 0 N–H and O–H groups in total. The normalized spacial score (nSPS) is 21.1. The quantitative estimate of drug-likeness (QED) is 0.818. The fourth-order valence-electron chi connectivity index (χ4n) is 3.49. The Balaban J connectivity index is 1.37. The number of likely N-dealkylation sites (tertiary alicyclic amines) is 1. The van der Waals surface area contributed by atoms with Crippen LogP contribution in [0.5, 0.6) is 0 Å². The number of carbonyl (C=O) groups excluding carboxylic acids is 1. The lowest BCUT2D eigenvalue weighted by atomic mass is 9.71. The number of carbonyl (C=O) groups is 1. The van der Waals surface area contributed by atoms with Crippen molar-refractivity contribution in [1.82, 2.24) is 9.88 Å². The molecular formula is C17H19N3OS. The first-order valence-corrected chi connectivity index (χ1v) is 8.62. The Morgan fingerprint density at radius 2 is 2.09 bits per heavy atom. The van der Waals surface area contributed by atoms with Gasteiger partial charge in [0.15, 0.2) is 0 Å². The summed E-state index contributed by atoms with van der Waals surface area (Å²) in [5, 5.41) is 2.13. The highest BCUT2D eigenvalue weighted by Crippen LogP contribution is 2.43. The Hall–Kier alpha value is -1.72. The first kappa shape index (κ1) is 13.9. The summed E-state index contributed by atoms with van der Waals surface area (Å²) in [4.78, 5) is 22.5. The summed E-state index contributed by atoms with van der Waals surface area (Å²) in [5.41, 5.74) is 0.820. The number of hydrogen-bond acceptors (Lipinski definition) is 4. The molecule has 4 nitrogen and oxygen atoms in total. The van der Waals surface area contributed by atoms with E-state index in [4.69, 9.17) is 0 Å². The zero-order chi connectivity index (χ0) is 15.0. The number of anilines is 1.